The van der Waals surface area contributed by atoms with Gasteiger partial charge in [0.2, 0.25) is 0 Å². The SMILES string of the molecule is [CH]=CCCCCCCc1cc(C)ccc1C. The fraction of sp³-hybridized carbons (Fsp3) is 0.500. The lowest BCUT2D eigenvalue weighted by Gasteiger charge is -2.06. The molecule has 1 aromatic carbocycles. The van der Waals surface area contributed by atoms with Crippen molar-refractivity contribution in [2.75, 3.05) is 0 Å². The molecular weight excluding hydrogens is 192 g/mol. The lowest BCUT2D eigenvalue weighted by Crippen LogP contribution is -1.91. The highest BCUT2D eigenvalue weighted by atomic mass is 14.0. The van der Waals surface area contributed by atoms with Gasteiger partial charge in [-0.05, 0) is 50.7 Å². The molecule has 0 N–H and O–H groups in total. The first-order valence-corrected chi connectivity index (χ1v) is 6.33. The monoisotopic (exact) mass is 215 g/mol. The van der Waals surface area contributed by atoms with E-state index in [2.05, 4.69) is 32.0 Å². The normalized spacial score (nSPS) is 10.4. The summed E-state index contributed by atoms with van der Waals surface area (Å²) in [4.78, 5) is 0. The van der Waals surface area contributed by atoms with Crippen LogP contribution in [0.5, 0.6) is 0 Å². The van der Waals surface area contributed by atoms with E-state index in [4.69, 9.17) is 6.58 Å². The van der Waals surface area contributed by atoms with Crippen molar-refractivity contribution in [1.82, 2.24) is 0 Å². The van der Waals surface area contributed by atoms with Gasteiger partial charge in [0.05, 0.1) is 0 Å². The van der Waals surface area contributed by atoms with E-state index in [9.17, 15) is 0 Å². The minimum Gasteiger partial charge on any atom is -0.0845 e. The summed E-state index contributed by atoms with van der Waals surface area (Å²) >= 11 is 0. The number of aryl methyl sites for hydroxylation is 3. The fourth-order valence-electron chi connectivity index (χ4n) is 2.00. The average Bonchev–Trinajstić information content (AvgIpc) is 2.28. The smallest absolute Gasteiger partial charge is 0.0276 e. The van der Waals surface area contributed by atoms with Crippen LogP contribution in [-0.4, -0.2) is 0 Å². The first-order valence-electron chi connectivity index (χ1n) is 6.33. The molecule has 0 heterocycles. The van der Waals surface area contributed by atoms with Crippen molar-refractivity contribution >= 4 is 0 Å². The summed E-state index contributed by atoms with van der Waals surface area (Å²) in [6.07, 6.45) is 9.21. The predicted molar refractivity (Wildman–Crippen MR) is 71.6 cm³/mol. The Hall–Kier alpha value is -1.04. The Bertz CT molecular complexity index is 323. The van der Waals surface area contributed by atoms with E-state index in [1.54, 1.807) is 6.08 Å². The molecule has 0 aliphatic carbocycles. The van der Waals surface area contributed by atoms with Gasteiger partial charge in [-0.1, -0.05) is 49.3 Å². The second kappa shape index (κ2) is 7.27. The molecule has 0 unspecified atom stereocenters. The van der Waals surface area contributed by atoms with Crippen molar-refractivity contribution in [3.05, 3.63) is 47.5 Å². The summed E-state index contributed by atoms with van der Waals surface area (Å²) in [7, 11) is 0. The van der Waals surface area contributed by atoms with Crippen molar-refractivity contribution in [3.63, 3.8) is 0 Å². The lowest BCUT2D eigenvalue weighted by molar-refractivity contribution is 0.645. The van der Waals surface area contributed by atoms with Crippen LogP contribution in [0.1, 0.15) is 48.8 Å². The predicted octanol–water partition coefficient (Wildman–Crippen LogP) is 4.79. The largest absolute Gasteiger partial charge is 0.0845 e. The van der Waals surface area contributed by atoms with E-state index in [0.29, 0.717) is 0 Å². The van der Waals surface area contributed by atoms with Crippen LogP contribution in [0.25, 0.3) is 0 Å². The molecule has 0 nitrogen and oxygen atoms in total. The van der Waals surface area contributed by atoms with Crippen LogP contribution in [0.2, 0.25) is 0 Å². The van der Waals surface area contributed by atoms with Crippen molar-refractivity contribution in [2.45, 2.75) is 52.4 Å². The minimum atomic E-state index is 1.06. The maximum absolute atomic E-state index is 5.35. The number of rotatable bonds is 7. The molecule has 1 aromatic rings. The maximum Gasteiger partial charge on any atom is -0.0276 e. The van der Waals surface area contributed by atoms with Gasteiger partial charge >= 0.3 is 0 Å². The van der Waals surface area contributed by atoms with Gasteiger partial charge in [-0.15, -0.1) is 0 Å². The minimum absolute atomic E-state index is 1.06. The van der Waals surface area contributed by atoms with E-state index in [1.165, 1.54) is 48.8 Å². The van der Waals surface area contributed by atoms with Gasteiger partial charge in [0.1, 0.15) is 0 Å². The zero-order valence-electron chi connectivity index (χ0n) is 10.6. The summed E-state index contributed by atoms with van der Waals surface area (Å²) in [5.41, 5.74) is 4.32. The van der Waals surface area contributed by atoms with Crippen molar-refractivity contribution in [3.8, 4) is 0 Å². The first-order chi connectivity index (χ1) is 7.74. The van der Waals surface area contributed by atoms with Crippen LogP contribution in [-0.2, 0) is 6.42 Å². The zero-order valence-corrected chi connectivity index (χ0v) is 10.6. The Morgan fingerprint density at radius 2 is 1.81 bits per heavy atom. The van der Waals surface area contributed by atoms with E-state index >= 15 is 0 Å². The summed E-state index contributed by atoms with van der Waals surface area (Å²) in [6.45, 7) is 9.72. The number of hydrogen-bond acceptors (Lipinski definition) is 0. The van der Waals surface area contributed by atoms with Gasteiger partial charge < -0.3 is 0 Å². The maximum atomic E-state index is 5.35. The molecule has 0 saturated heterocycles. The van der Waals surface area contributed by atoms with E-state index < -0.39 is 0 Å². The number of unbranched alkanes of at least 4 members (excludes halogenated alkanes) is 4. The molecule has 0 spiro atoms. The van der Waals surface area contributed by atoms with Gasteiger partial charge in [-0.2, -0.15) is 0 Å². The number of benzene rings is 1. The molecule has 0 aromatic heterocycles. The number of hydrogen-bond donors (Lipinski definition) is 0. The van der Waals surface area contributed by atoms with Crippen LogP contribution < -0.4 is 0 Å². The van der Waals surface area contributed by atoms with E-state index in [-0.39, 0.29) is 0 Å². The van der Waals surface area contributed by atoms with Gasteiger partial charge in [-0.3, -0.25) is 0 Å². The molecule has 0 amide bonds. The third-order valence-electron chi connectivity index (χ3n) is 3.07. The van der Waals surface area contributed by atoms with Gasteiger partial charge in [0, 0.05) is 0 Å². The van der Waals surface area contributed by atoms with Crippen LogP contribution in [0.3, 0.4) is 0 Å². The molecule has 1 radical (unpaired) electrons. The lowest BCUT2D eigenvalue weighted by atomic mass is 9.99. The molecule has 0 atom stereocenters. The zero-order chi connectivity index (χ0) is 11.8. The third-order valence-corrected chi connectivity index (χ3v) is 3.07. The third kappa shape index (κ3) is 4.65. The highest BCUT2D eigenvalue weighted by Gasteiger charge is 1.98. The first kappa shape index (κ1) is 13.0. The quantitative estimate of drug-likeness (QED) is 0.574. The summed E-state index contributed by atoms with van der Waals surface area (Å²) in [5, 5.41) is 0. The Labute approximate surface area is 100 Å². The average molecular weight is 215 g/mol. The molecule has 0 bridgehead atoms. The Kier molecular flexibility index (Phi) is 5.92. The Balaban J connectivity index is 2.26. The van der Waals surface area contributed by atoms with Gasteiger partial charge in [-0.25, -0.2) is 0 Å². The second-order valence-electron chi connectivity index (χ2n) is 4.62. The molecule has 0 heteroatoms. The second-order valence-corrected chi connectivity index (χ2v) is 4.62. The van der Waals surface area contributed by atoms with Crippen molar-refractivity contribution < 1.29 is 0 Å². The van der Waals surface area contributed by atoms with Crippen LogP contribution >= 0.6 is 0 Å². The van der Waals surface area contributed by atoms with Crippen LogP contribution in [0.15, 0.2) is 24.3 Å². The Morgan fingerprint density at radius 1 is 1.06 bits per heavy atom. The topological polar surface area (TPSA) is 0 Å². The van der Waals surface area contributed by atoms with E-state index in [1.807, 2.05) is 0 Å². The fourth-order valence-corrected chi connectivity index (χ4v) is 2.00. The van der Waals surface area contributed by atoms with E-state index in [0.717, 1.165) is 6.42 Å². The van der Waals surface area contributed by atoms with Crippen molar-refractivity contribution in [1.29, 1.82) is 0 Å². The van der Waals surface area contributed by atoms with Gasteiger partial charge in [0.25, 0.3) is 0 Å². The Morgan fingerprint density at radius 3 is 2.56 bits per heavy atom. The molecule has 0 fully saturated rings. The highest BCUT2D eigenvalue weighted by Crippen LogP contribution is 2.14. The highest BCUT2D eigenvalue weighted by molar-refractivity contribution is 5.30. The van der Waals surface area contributed by atoms with Crippen molar-refractivity contribution in [2.24, 2.45) is 0 Å². The molecular formula is C16H23. The van der Waals surface area contributed by atoms with Crippen LogP contribution in [0.4, 0.5) is 0 Å². The molecule has 0 saturated carbocycles. The molecule has 1 rings (SSSR count). The summed E-state index contributed by atoms with van der Waals surface area (Å²) in [5.74, 6) is 0. The molecule has 87 valence electrons. The van der Waals surface area contributed by atoms with Gasteiger partial charge in [0.15, 0.2) is 0 Å². The molecule has 0 aliphatic rings. The summed E-state index contributed by atoms with van der Waals surface area (Å²) < 4.78 is 0. The number of allylic oxidation sites excluding steroid dienone is 1. The van der Waals surface area contributed by atoms with Crippen LogP contribution in [0, 0.1) is 20.4 Å². The standard InChI is InChI=1S/C16H23/c1-4-5-6-7-8-9-10-16-13-14(2)11-12-15(16)3/h1,4,11-13H,5-10H2,2-3H3. The summed E-state index contributed by atoms with van der Waals surface area (Å²) in [6, 6.07) is 6.74. The molecule has 0 aliphatic heterocycles. The molecule has 16 heavy (non-hydrogen) atoms.